The fourth-order valence-electron chi connectivity index (χ4n) is 4.39. The predicted octanol–water partition coefficient (Wildman–Crippen LogP) is 6.47. The van der Waals surface area contributed by atoms with Crippen molar-refractivity contribution in [2.24, 2.45) is 23.2 Å². The van der Waals surface area contributed by atoms with Crippen LogP contribution in [0.3, 0.4) is 0 Å². The second-order valence-corrected chi connectivity index (χ2v) is 8.48. The van der Waals surface area contributed by atoms with Crippen molar-refractivity contribution in [2.75, 3.05) is 0 Å². The summed E-state index contributed by atoms with van der Waals surface area (Å²) in [6.07, 6.45) is 15.0. The van der Waals surface area contributed by atoms with Crippen LogP contribution in [0.2, 0.25) is 0 Å². The molecule has 4 unspecified atom stereocenters. The fourth-order valence-corrected chi connectivity index (χ4v) is 4.39. The van der Waals surface area contributed by atoms with Gasteiger partial charge in [-0.15, -0.1) is 0 Å². The summed E-state index contributed by atoms with van der Waals surface area (Å²) in [6.45, 7) is 8.54. The topological polar surface area (TPSA) is 74.6 Å². The third kappa shape index (κ3) is 6.49. The van der Waals surface area contributed by atoms with Gasteiger partial charge in [0.25, 0.3) is 0 Å². The maximum Gasteiger partial charge on any atom is 0.314 e. The first-order valence-electron chi connectivity index (χ1n) is 11.2. The molecule has 0 spiro atoms. The third-order valence-electron chi connectivity index (χ3n) is 6.43. The number of aliphatic carboxylic acids is 2. The summed E-state index contributed by atoms with van der Waals surface area (Å²) in [5, 5.41) is 20.0. The van der Waals surface area contributed by atoms with Crippen molar-refractivity contribution in [3.05, 3.63) is 23.8 Å². The first kappa shape index (κ1) is 24.5. The molecule has 0 saturated carbocycles. The van der Waals surface area contributed by atoms with Gasteiger partial charge in [-0.1, -0.05) is 103 Å². The van der Waals surface area contributed by atoms with Crippen LogP contribution in [-0.4, -0.2) is 22.2 Å². The summed E-state index contributed by atoms with van der Waals surface area (Å²) in [5.74, 6) is -2.29. The molecule has 0 amide bonds. The van der Waals surface area contributed by atoms with Crippen molar-refractivity contribution in [1.29, 1.82) is 0 Å². The second-order valence-electron chi connectivity index (χ2n) is 8.48. The lowest BCUT2D eigenvalue weighted by atomic mass is 9.65. The van der Waals surface area contributed by atoms with Crippen molar-refractivity contribution in [3.8, 4) is 0 Å². The number of carboxylic acids is 2. The normalized spacial score (nSPS) is 23.9. The van der Waals surface area contributed by atoms with Gasteiger partial charge >= 0.3 is 11.9 Å². The molecule has 4 atom stereocenters. The smallest absolute Gasteiger partial charge is 0.314 e. The molecule has 1 aliphatic rings. The molecule has 0 bridgehead atoms. The maximum absolute atomic E-state index is 12.3. The minimum atomic E-state index is -1.34. The second kappa shape index (κ2) is 12.1. The van der Waals surface area contributed by atoms with Crippen LogP contribution >= 0.6 is 0 Å². The Kier molecular flexibility index (Phi) is 10.6. The van der Waals surface area contributed by atoms with Crippen LogP contribution in [0.1, 0.15) is 91.9 Å². The molecule has 1 aliphatic carbocycles. The van der Waals surface area contributed by atoms with E-state index in [1.807, 2.05) is 6.08 Å². The lowest BCUT2D eigenvalue weighted by Gasteiger charge is -2.36. The molecule has 0 fully saturated rings. The number of hydrogen-bond acceptors (Lipinski definition) is 2. The first-order chi connectivity index (χ1) is 13.3. The van der Waals surface area contributed by atoms with E-state index in [4.69, 9.17) is 0 Å². The largest absolute Gasteiger partial charge is 0.481 e. The maximum atomic E-state index is 12.3. The summed E-state index contributed by atoms with van der Waals surface area (Å²) in [4.78, 5) is 24.4. The number of allylic oxidation sites excluding steroid dienone is 2. The average Bonchev–Trinajstić information content (AvgIpc) is 2.68. The standard InChI is InChI=1S/C24H40O4/c1-5-9-11-18(7-3)15-20-13-14-24(23(27)28,21(16-20)22(25)26)17-19(8-4)12-10-6-2/h13-14,16,18-19,21H,5-12,15,17H2,1-4H3,(H,25,26)(H,27,28). The van der Waals surface area contributed by atoms with Gasteiger partial charge in [0.1, 0.15) is 5.41 Å². The molecule has 4 nitrogen and oxygen atoms in total. The van der Waals surface area contributed by atoms with Gasteiger partial charge in [0.15, 0.2) is 0 Å². The highest BCUT2D eigenvalue weighted by molar-refractivity contribution is 5.87. The van der Waals surface area contributed by atoms with Crippen molar-refractivity contribution in [2.45, 2.75) is 91.9 Å². The number of carbonyl (C=O) groups is 2. The Morgan fingerprint density at radius 1 is 1.00 bits per heavy atom. The van der Waals surface area contributed by atoms with Crippen LogP contribution in [0.25, 0.3) is 0 Å². The Labute approximate surface area is 171 Å². The van der Waals surface area contributed by atoms with Gasteiger partial charge in [0, 0.05) is 0 Å². The van der Waals surface area contributed by atoms with Crippen LogP contribution in [-0.2, 0) is 9.59 Å². The number of unbranched alkanes of at least 4 members (excludes halogenated alkanes) is 2. The lowest BCUT2D eigenvalue weighted by molar-refractivity contribution is -0.158. The van der Waals surface area contributed by atoms with Gasteiger partial charge in [-0.3, -0.25) is 9.59 Å². The number of carboxylic acid groups (broad SMARTS) is 2. The van der Waals surface area contributed by atoms with Gasteiger partial charge in [-0.05, 0) is 24.7 Å². The molecule has 0 aliphatic heterocycles. The Morgan fingerprint density at radius 3 is 2.04 bits per heavy atom. The van der Waals surface area contributed by atoms with Crippen molar-refractivity contribution in [3.63, 3.8) is 0 Å². The van der Waals surface area contributed by atoms with Crippen molar-refractivity contribution < 1.29 is 19.8 Å². The monoisotopic (exact) mass is 392 g/mol. The molecule has 4 heteroatoms. The molecule has 2 N–H and O–H groups in total. The van der Waals surface area contributed by atoms with E-state index in [2.05, 4.69) is 27.7 Å². The van der Waals surface area contributed by atoms with Crippen molar-refractivity contribution in [1.82, 2.24) is 0 Å². The van der Waals surface area contributed by atoms with E-state index in [9.17, 15) is 19.8 Å². The molecular weight excluding hydrogens is 352 g/mol. The van der Waals surface area contributed by atoms with E-state index in [1.165, 1.54) is 6.42 Å². The van der Waals surface area contributed by atoms with Gasteiger partial charge in [0.05, 0.1) is 5.92 Å². The SMILES string of the molecule is CCCCC(CC)CC1=CC(C(=O)O)C(CC(CC)CCCC)(C(=O)O)C=C1. The molecule has 0 aromatic heterocycles. The zero-order valence-corrected chi connectivity index (χ0v) is 18.2. The van der Waals surface area contributed by atoms with Gasteiger partial charge < -0.3 is 10.2 Å². The van der Waals surface area contributed by atoms with E-state index in [-0.39, 0.29) is 5.92 Å². The minimum Gasteiger partial charge on any atom is -0.481 e. The van der Waals surface area contributed by atoms with Crippen LogP contribution in [0, 0.1) is 23.2 Å². The van der Waals surface area contributed by atoms with Crippen molar-refractivity contribution >= 4 is 11.9 Å². The van der Waals surface area contributed by atoms with Gasteiger partial charge in [-0.25, -0.2) is 0 Å². The zero-order valence-electron chi connectivity index (χ0n) is 18.2. The molecule has 0 aromatic rings. The Morgan fingerprint density at radius 2 is 1.57 bits per heavy atom. The highest BCUT2D eigenvalue weighted by Gasteiger charge is 2.49. The Balaban J connectivity index is 3.10. The average molecular weight is 393 g/mol. The number of hydrogen-bond donors (Lipinski definition) is 2. The van der Waals surface area contributed by atoms with E-state index < -0.39 is 23.3 Å². The quantitative estimate of drug-likeness (QED) is 0.355. The van der Waals surface area contributed by atoms with Crippen LogP contribution < -0.4 is 0 Å². The highest BCUT2D eigenvalue weighted by atomic mass is 16.4. The molecule has 1 rings (SSSR count). The third-order valence-corrected chi connectivity index (χ3v) is 6.43. The lowest BCUT2D eigenvalue weighted by Crippen LogP contribution is -2.43. The van der Waals surface area contributed by atoms with Gasteiger partial charge in [0.2, 0.25) is 0 Å². The number of rotatable bonds is 14. The molecule has 0 radical (unpaired) electrons. The first-order valence-corrected chi connectivity index (χ1v) is 11.2. The van der Waals surface area contributed by atoms with Gasteiger partial charge in [-0.2, -0.15) is 0 Å². The summed E-state index contributed by atoms with van der Waals surface area (Å²) >= 11 is 0. The van der Waals surface area contributed by atoms with E-state index in [0.29, 0.717) is 12.3 Å². The summed E-state index contributed by atoms with van der Waals surface area (Å²) in [5.41, 5.74) is -0.358. The molecule has 160 valence electrons. The molecule has 0 heterocycles. The minimum absolute atomic E-state index is 0.227. The fraction of sp³-hybridized carbons (Fsp3) is 0.750. The zero-order chi connectivity index (χ0) is 21.2. The van der Waals surface area contributed by atoms with Crippen LogP contribution in [0.4, 0.5) is 0 Å². The predicted molar refractivity (Wildman–Crippen MR) is 114 cm³/mol. The summed E-state index contributed by atoms with van der Waals surface area (Å²) < 4.78 is 0. The van der Waals surface area contributed by atoms with E-state index in [1.54, 1.807) is 12.2 Å². The Hall–Kier alpha value is -1.58. The Bertz CT molecular complexity index is 563. The molecule has 0 aromatic carbocycles. The summed E-state index contributed by atoms with van der Waals surface area (Å²) in [6, 6.07) is 0. The highest BCUT2D eigenvalue weighted by Crippen LogP contribution is 2.44. The molecule has 0 saturated heterocycles. The summed E-state index contributed by atoms with van der Waals surface area (Å²) in [7, 11) is 0. The van der Waals surface area contributed by atoms with Crippen LogP contribution in [0.5, 0.6) is 0 Å². The van der Waals surface area contributed by atoms with Crippen LogP contribution in [0.15, 0.2) is 23.8 Å². The molecular formula is C24H40O4. The van der Waals surface area contributed by atoms with E-state index in [0.717, 1.165) is 56.9 Å². The molecule has 28 heavy (non-hydrogen) atoms. The van der Waals surface area contributed by atoms with E-state index >= 15 is 0 Å².